The van der Waals surface area contributed by atoms with Gasteiger partial charge in [0.05, 0.1) is 12.5 Å². The monoisotopic (exact) mass is 231 g/mol. The van der Waals surface area contributed by atoms with Gasteiger partial charge in [-0.05, 0) is 6.42 Å². The molecule has 0 bridgehead atoms. The molecule has 0 radical (unpaired) electrons. The van der Waals surface area contributed by atoms with Crippen LogP contribution in [0.15, 0.2) is 0 Å². The van der Waals surface area contributed by atoms with Crippen molar-refractivity contribution in [1.82, 2.24) is 16.0 Å². The molecular formula is C9H17N3O4. The zero-order valence-corrected chi connectivity index (χ0v) is 9.37. The minimum atomic E-state index is -0.950. The van der Waals surface area contributed by atoms with E-state index in [2.05, 4.69) is 16.0 Å². The van der Waals surface area contributed by atoms with Crippen molar-refractivity contribution in [2.45, 2.75) is 13.3 Å². The van der Waals surface area contributed by atoms with E-state index in [-0.39, 0.29) is 19.0 Å². The van der Waals surface area contributed by atoms with Crippen LogP contribution in [-0.4, -0.2) is 43.2 Å². The second kappa shape index (κ2) is 7.49. The van der Waals surface area contributed by atoms with E-state index in [1.54, 1.807) is 6.92 Å². The summed E-state index contributed by atoms with van der Waals surface area (Å²) < 4.78 is 0. The molecule has 0 saturated heterocycles. The highest BCUT2D eigenvalue weighted by Gasteiger charge is 2.15. The summed E-state index contributed by atoms with van der Waals surface area (Å²) in [6, 6.07) is -0.552. The number of hydrogen-bond acceptors (Lipinski definition) is 3. The number of urea groups is 1. The third kappa shape index (κ3) is 5.84. The van der Waals surface area contributed by atoms with E-state index >= 15 is 0 Å². The molecule has 16 heavy (non-hydrogen) atoms. The van der Waals surface area contributed by atoms with E-state index in [0.29, 0.717) is 6.42 Å². The number of aliphatic carboxylic acids is 1. The molecule has 7 nitrogen and oxygen atoms in total. The fraction of sp³-hybridized carbons (Fsp3) is 0.667. The van der Waals surface area contributed by atoms with Crippen LogP contribution in [0, 0.1) is 5.92 Å². The van der Waals surface area contributed by atoms with Gasteiger partial charge in [0.15, 0.2) is 0 Å². The normalized spacial score (nSPS) is 11.4. The number of likely N-dealkylation sites (N-methyl/N-ethyl adjacent to an activating group) is 1. The molecule has 1 atom stereocenters. The van der Waals surface area contributed by atoms with Gasteiger partial charge < -0.3 is 21.1 Å². The third-order valence-electron chi connectivity index (χ3n) is 2.04. The predicted molar refractivity (Wildman–Crippen MR) is 56.9 cm³/mol. The highest BCUT2D eigenvalue weighted by molar-refractivity contribution is 5.83. The van der Waals surface area contributed by atoms with Crippen LogP contribution in [0.4, 0.5) is 4.79 Å². The maximum Gasteiger partial charge on any atom is 0.315 e. The highest BCUT2D eigenvalue weighted by Crippen LogP contribution is 1.99. The zero-order chi connectivity index (χ0) is 12.6. The van der Waals surface area contributed by atoms with Gasteiger partial charge in [-0.1, -0.05) is 6.92 Å². The van der Waals surface area contributed by atoms with Crippen molar-refractivity contribution in [3.05, 3.63) is 0 Å². The van der Waals surface area contributed by atoms with E-state index in [1.165, 1.54) is 7.05 Å². The second-order valence-electron chi connectivity index (χ2n) is 3.18. The van der Waals surface area contributed by atoms with Crippen molar-refractivity contribution in [2.75, 3.05) is 20.1 Å². The molecule has 92 valence electrons. The number of amides is 3. The van der Waals surface area contributed by atoms with Crippen molar-refractivity contribution in [1.29, 1.82) is 0 Å². The first-order chi connectivity index (χ1) is 7.51. The summed E-state index contributed by atoms with van der Waals surface area (Å²) in [4.78, 5) is 32.5. The Morgan fingerprint density at radius 3 is 2.31 bits per heavy atom. The number of nitrogens with one attached hydrogen (secondary N) is 3. The number of carboxylic acids is 1. The van der Waals surface area contributed by atoms with Crippen molar-refractivity contribution < 1.29 is 19.5 Å². The first-order valence-electron chi connectivity index (χ1n) is 4.96. The van der Waals surface area contributed by atoms with E-state index in [4.69, 9.17) is 5.11 Å². The maximum absolute atomic E-state index is 11.1. The lowest BCUT2D eigenvalue weighted by Crippen LogP contribution is -2.43. The van der Waals surface area contributed by atoms with Crippen molar-refractivity contribution in [2.24, 2.45) is 5.92 Å². The molecule has 0 fully saturated rings. The van der Waals surface area contributed by atoms with Gasteiger partial charge in [-0.25, -0.2) is 4.79 Å². The Labute approximate surface area is 93.6 Å². The molecule has 0 aliphatic heterocycles. The fourth-order valence-electron chi connectivity index (χ4n) is 0.934. The van der Waals surface area contributed by atoms with E-state index in [0.717, 1.165) is 0 Å². The van der Waals surface area contributed by atoms with Gasteiger partial charge in [-0.2, -0.15) is 0 Å². The van der Waals surface area contributed by atoms with Gasteiger partial charge in [0.1, 0.15) is 0 Å². The Balaban J connectivity index is 3.80. The summed E-state index contributed by atoms with van der Waals surface area (Å²) in [5, 5.41) is 15.7. The van der Waals surface area contributed by atoms with Crippen LogP contribution in [0.1, 0.15) is 13.3 Å². The van der Waals surface area contributed by atoms with Crippen molar-refractivity contribution in [3.63, 3.8) is 0 Å². The molecule has 0 aliphatic carbocycles. The summed E-state index contributed by atoms with van der Waals surface area (Å²) in [5.41, 5.74) is 0. The molecule has 0 saturated carbocycles. The van der Waals surface area contributed by atoms with E-state index < -0.39 is 17.9 Å². The molecule has 0 aromatic rings. The minimum Gasteiger partial charge on any atom is -0.481 e. The van der Waals surface area contributed by atoms with E-state index in [1.807, 2.05) is 0 Å². The molecule has 0 spiro atoms. The number of carbonyl (C=O) groups excluding carboxylic acids is 2. The number of carbonyl (C=O) groups is 3. The summed E-state index contributed by atoms with van der Waals surface area (Å²) in [7, 11) is 1.46. The second-order valence-corrected chi connectivity index (χ2v) is 3.18. The lowest BCUT2D eigenvalue weighted by molar-refractivity contribution is -0.141. The number of rotatable bonds is 6. The standard InChI is InChI=1S/C9H17N3O4/c1-3-6(8(14)15)4-11-9(16)12-5-7(13)10-2/h6H,3-5H2,1-2H3,(H,10,13)(H,14,15)(H2,11,12,16). The Hall–Kier alpha value is -1.79. The summed E-state index contributed by atoms with van der Waals surface area (Å²) in [5.74, 6) is -1.87. The minimum absolute atomic E-state index is 0.0470. The van der Waals surface area contributed by atoms with Gasteiger partial charge in [0.25, 0.3) is 0 Å². The number of carboxylic acid groups (broad SMARTS) is 1. The van der Waals surface area contributed by atoms with Crippen LogP contribution in [0.3, 0.4) is 0 Å². The lowest BCUT2D eigenvalue weighted by atomic mass is 10.1. The topological polar surface area (TPSA) is 108 Å². The third-order valence-corrected chi connectivity index (χ3v) is 2.04. The molecule has 0 aromatic heterocycles. The Morgan fingerprint density at radius 1 is 1.25 bits per heavy atom. The van der Waals surface area contributed by atoms with Gasteiger partial charge in [0.2, 0.25) is 5.91 Å². The van der Waals surface area contributed by atoms with Crippen LogP contribution in [0.2, 0.25) is 0 Å². The molecule has 3 amide bonds. The van der Waals surface area contributed by atoms with Crippen LogP contribution in [-0.2, 0) is 9.59 Å². The lowest BCUT2D eigenvalue weighted by Gasteiger charge is -2.11. The molecule has 7 heteroatoms. The molecular weight excluding hydrogens is 214 g/mol. The van der Waals surface area contributed by atoms with Gasteiger partial charge in [-0.15, -0.1) is 0 Å². The Kier molecular flexibility index (Phi) is 6.66. The Morgan fingerprint density at radius 2 is 1.88 bits per heavy atom. The highest BCUT2D eigenvalue weighted by atomic mass is 16.4. The summed E-state index contributed by atoms with van der Waals surface area (Å²) in [6.07, 6.45) is 0.436. The van der Waals surface area contributed by atoms with Crippen molar-refractivity contribution >= 4 is 17.9 Å². The van der Waals surface area contributed by atoms with Crippen LogP contribution >= 0.6 is 0 Å². The SMILES string of the molecule is CCC(CNC(=O)NCC(=O)NC)C(=O)O. The first-order valence-corrected chi connectivity index (χ1v) is 4.96. The average molecular weight is 231 g/mol. The maximum atomic E-state index is 11.1. The van der Waals surface area contributed by atoms with Gasteiger partial charge in [-0.3, -0.25) is 9.59 Å². The molecule has 0 aromatic carbocycles. The average Bonchev–Trinajstić information content (AvgIpc) is 2.26. The molecule has 4 N–H and O–H groups in total. The summed E-state index contributed by atoms with van der Waals surface area (Å²) in [6.45, 7) is 1.64. The Bertz CT molecular complexity index is 267. The van der Waals surface area contributed by atoms with Crippen molar-refractivity contribution in [3.8, 4) is 0 Å². The van der Waals surface area contributed by atoms with Crippen LogP contribution in [0.5, 0.6) is 0 Å². The smallest absolute Gasteiger partial charge is 0.315 e. The molecule has 0 heterocycles. The van der Waals surface area contributed by atoms with Crippen LogP contribution in [0.25, 0.3) is 0 Å². The molecule has 0 rings (SSSR count). The first kappa shape index (κ1) is 14.2. The van der Waals surface area contributed by atoms with E-state index in [9.17, 15) is 14.4 Å². The van der Waals surface area contributed by atoms with Gasteiger partial charge >= 0.3 is 12.0 Å². The molecule has 0 aliphatic rings. The zero-order valence-electron chi connectivity index (χ0n) is 9.37. The quantitative estimate of drug-likeness (QED) is 0.477. The van der Waals surface area contributed by atoms with Crippen LogP contribution < -0.4 is 16.0 Å². The van der Waals surface area contributed by atoms with Gasteiger partial charge in [0, 0.05) is 13.6 Å². The predicted octanol–water partition coefficient (Wildman–Crippen LogP) is -0.858. The largest absolute Gasteiger partial charge is 0.481 e. The fourth-order valence-corrected chi connectivity index (χ4v) is 0.934. The number of hydrogen-bond donors (Lipinski definition) is 4. The summed E-state index contributed by atoms with van der Waals surface area (Å²) >= 11 is 0. The molecule has 1 unspecified atom stereocenters.